The van der Waals surface area contributed by atoms with Crippen LogP contribution in [0.4, 0.5) is 5.95 Å². The molecular formula is C17H23N5O3S. The van der Waals surface area contributed by atoms with Crippen LogP contribution in [0.3, 0.4) is 0 Å². The van der Waals surface area contributed by atoms with Crippen LogP contribution in [0.1, 0.15) is 36.7 Å². The molecule has 140 valence electrons. The molecule has 4 N–H and O–H groups in total. The average molecular weight is 377 g/mol. The van der Waals surface area contributed by atoms with E-state index in [-0.39, 0.29) is 16.3 Å². The summed E-state index contributed by atoms with van der Waals surface area (Å²) < 4.78 is 22.4. The van der Waals surface area contributed by atoms with Crippen LogP contribution in [-0.4, -0.2) is 36.4 Å². The van der Waals surface area contributed by atoms with Crippen LogP contribution in [0.15, 0.2) is 41.6 Å². The van der Waals surface area contributed by atoms with Crippen molar-refractivity contribution in [2.75, 3.05) is 11.9 Å². The standard InChI is InChI=1S/C17H23N5O3S/c1-17(2,3)22-15(23)13-10-20-16(21-11-13)19-9-8-12-4-6-14(7-5-12)26(18,24)25/h4-7,10-11H,8-9H2,1-3H3,(H,22,23)(H2,18,24,25)(H,19,20,21). The maximum absolute atomic E-state index is 12.0. The molecule has 0 radical (unpaired) electrons. The third kappa shape index (κ3) is 6.08. The molecule has 0 bridgehead atoms. The van der Waals surface area contributed by atoms with Crippen molar-refractivity contribution in [2.45, 2.75) is 37.6 Å². The molecule has 26 heavy (non-hydrogen) atoms. The number of aromatic nitrogens is 2. The number of nitrogens with two attached hydrogens (primary N) is 1. The predicted octanol–water partition coefficient (Wildman–Crippen LogP) is 1.31. The summed E-state index contributed by atoms with van der Waals surface area (Å²) in [5.41, 5.74) is 1.02. The summed E-state index contributed by atoms with van der Waals surface area (Å²) >= 11 is 0. The van der Waals surface area contributed by atoms with E-state index in [0.717, 1.165) is 5.56 Å². The number of amides is 1. The van der Waals surface area contributed by atoms with Crippen molar-refractivity contribution < 1.29 is 13.2 Å². The summed E-state index contributed by atoms with van der Waals surface area (Å²) in [4.78, 5) is 20.3. The Kier molecular flexibility index (Phi) is 5.94. The number of carbonyl (C=O) groups excluding carboxylic acids is 1. The number of nitrogens with zero attached hydrogens (tertiary/aromatic N) is 2. The molecule has 0 spiro atoms. The second-order valence-corrected chi connectivity index (χ2v) is 8.43. The van der Waals surface area contributed by atoms with Crippen LogP contribution in [0.25, 0.3) is 0 Å². The first-order chi connectivity index (χ1) is 12.0. The minimum Gasteiger partial charge on any atom is -0.354 e. The van der Waals surface area contributed by atoms with Crippen LogP contribution in [0, 0.1) is 0 Å². The van der Waals surface area contributed by atoms with Crippen molar-refractivity contribution in [3.8, 4) is 0 Å². The van der Waals surface area contributed by atoms with Crippen molar-refractivity contribution in [2.24, 2.45) is 5.14 Å². The topological polar surface area (TPSA) is 127 Å². The van der Waals surface area contributed by atoms with Gasteiger partial charge in [0, 0.05) is 24.5 Å². The molecule has 0 atom stereocenters. The largest absolute Gasteiger partial charge is 0.354 e. The molecular weight excluding hydrogens is 354 g/mol. The first kappa shape index (κ1) is 19.8. The van der Waals surface area contributed by atoms with E-state index in [1.807, 2.05) is 20.8 Å². The molecule has 0 unspecified atom stereocenters. The molecule has 8 nitrogen and oxygen atoms in total. The number of sulfonamides is 1. The monoisotopic (exact) mass is 377 g/mol. The second-order valence-electron chi connectivity index (χ2n) is 6.87. The maximum atomic E-state index is 12.0. The predicted molar refractivity (Wildman–Crippen MR) is 99.3 cm³/mol. The zero-order valence-corrected chi connectivity index (χ0v) is 15.8. The van der Waals surface area contributed by atoms with E-state index in [2.05, 4.69) is 20.6 Å². The van der Waals surface area contributed by atoms with Crippen LogP contribution < -0.4 is 15.8 Å². The number of primary sulfonamides is 1. The van der Waals surface area contributed by atoms with Crippen LogP contribution in [0.2, 0.25) is 0 Å². The van der Waals surface area contributed by atoms with Crippen molar-refractivity contribution in [3.05, 3.63) is 47.8 Å². The minimum atomic E-state index is -3.67. The summed E-state index contributed by atoms with van der Waals surface area (Å²) in [6, 6.07) is 6.37. The van der Waals surface area contributed by atoms with Gasteiger partial charge in [0.15, 0.2) is 0 Å². The Morgan fingerprint density at radius 1 is 1.12 bits per heavy atom. The number of benzene rings is 1. The molecule has 0 aliphatic carbocycles. The van der Waals surface area contributed by atoms with Gasteiger partial charge < -0.3 is 10.6 Å². The van der Waals surface area contributed by atoms with Crippen molar-refractivity contribution in [3.63, 3.8) is 0 Å². The zero-order valence-electron chi connectivity index (χ0n) is 15.0. The smallest absolute Gasteiger partial charge is 0.254 e. The molecule has 1 aromatic carbocycles. The van der Waals surface area contributed by atoms with E-state index in [1.54, 1.807) is 12.1 Å². The summed E-state index contributed by atoms with van der Waals surface area (Å²) in [6.45, 7) is 6.26. The number of nitrogens with one attached hydrogen (secondary N) is 2. The Morgan fingerprint density at radius 2 is 1.69 bits per heavy atom. The van der Waals surface area contributed by atoms with E-state index in [9.17, 15) is 13.2 Å². The van der Waals surface area contributed by atoms with Gasteiger partial charge in [-0.15, -0.1) is 0 Å². The molecule has 1 amide bonds. The van der Waals surface area contributed by atoms with Crippen molar-refractivity contribution in [1.82, 2.24) is 15.3 Å². The lowest BCUT2D eigenvalue weighted by Crippen LogP contribution is -2.40. The Balaban J connectivity index is 1.87. The molecule has 1 heterocycles. The van der Waals surface area contributed by atoms with Gasteiger partial charge in [0.1, 0.15) is 0 Å². The van der Waals surface area contributed by atoms with E-state index < -0.39 is 10.0 Å². The van der Waals surface area contributed by atoms with Gasteiger partial charge in [-0.3, -0.25) is 4.79 Å². The second kappa shape index (κ2) is 7.79. The lowest BCUT2D eigenvalue weighted by atomic mass is 10.1. The van der Waals surface area contributed by atoms with Crippen molar-refractivity contribution in [1.29, 1.82) is 0 Å². The third-order valence-electron chi connectivity index (χ3n) is 3.35. The molecule has 0 fully saturated rings. The molecule has 1 aromatic heterocycles. The molecule has 2 rings (SSSR count). The first-order valence-corrected chi connectivity index (χ1v) is 9.59. The number of carbonyl (C=O) groups is 1. The fraction of sp³-hybridized carbons (Fsp3) is 0.353. The Morgan fingerprint density at radius 3 is 2.19 bits per heavy atom. The average Bonchev–Trinajstić information content (AvgIpc) is 2.53. The number of hydrogen-bond acceptors (Lipinski definition) is 6. The van der Waals surface area contributed by atoms with E-state index >= 15 is 0 Å². The SMILES string of the molecule is CC(C)(C)NC(=O)c1cnc(NCCc2ccc(S(N)(=O)=O)cc2)nc1. The van der Waals surface area contributed by atoms with E-state index in [0.29, 0.717) is 24.5 Å². The number of anilines is 1. The Hall–Kier alpha value is -2.52. The van der Waals surface area contributed by atoms with Crippen molar-refractivity contribution >= 4 is 21.9 Å². The van der Waals surface area contributed by atoms with Gasteiger partial charge in [0.05, 0.1) is 10.5 Å². The summed E-state index contributed by atoms with van der Waals surface area (Å²) in [6.07, 6.45) is 3.59. The van der Waals surface area contributed by atoms with Crippen LogP contribution in [-0.2, 0) is 16.4 Å². The molecule has 0 aliphatic heterocycles. The van der Waals surface area contributed by atoms with Gasteiger partial charge in [-0.25, -0.2) is 23.5 Å². The Labute approximate surface area is 153 Å². The van der Waals surface area contributed by atoms with Gasteiger partial charge in [-0.2, -0.15) is 0 Å². The highest BCUT2D eigenvalue weighted by Gasteiger charge is 2.15. The highest BCUT2D eigenvalue weighted by atomic mass is 32.2. The van der Waals surface area contributed by atoms with Gasteiger partial charge in [-0.05, 0) is 44.9 Å². The third-order valence-corrected chi connectivity index (χ3v) is 4.28. The molecule has 0 saturated heterocycles. The number of rotatable bonds is 6. The maximum Gasteiger partial charge on any atom is 0.254 e. The van der Waals surface area contributed by atoms with Gasteiger partial charge in [0.25, 0.3) is 5.91 Å². The highest BCUT2D eigenvalue weighted by Crippen LogP contribution is 2.10. The van der Waals surface area contributed by atoms with Crippen LogP contribution in [0.5, 0.6) is 0 Å². The molecule has 9 heteroatoms. The fourth-order valence-electron chi connectivity index (χ4n) is 2.11. The van der Waals surface area contributed by atoms with Gasteiger partial charge >= 0.3 is 0 Å². The fourth-order valence-corrected chi connectivity index (χ4v) is 2.63. The first-order valence-electron chi connectivity index (χ1n) is 8.05. The molecule has 0 aliphatic rings. The summed E-state index contributed by atoms with van der Waals surface area (Å²) in [7, 11) is -3.67. The highest BCUT2D eigenvalue weighted by molar-refractivity contribution is 7.89. The quantitative estimate of drug-likeness (QED) is 0.696. The normalized spacial score (nSPS) is 11.8. The lowest BCUT2D eigenvalue weighted by Gasteiger charge is -2.20. The number of hydrogen-bond donors (Lipinski definition) is 3. The summed E-state index contributed by atoms with van der Waals surface area (Å²) in [5.74, 6) is 0.192. The van der Waals surface area contributed by atoms with E-state index in [4.69, 9.17) is 5.14 Å². The van der Waals surface area contributed by atoms with Gasteiger partial charge in [-0.1, -0.05) is 12.1 Å². The minimum absolute atomic E-state index is 0.0849. The zero-order chi connectivity index (χ0) is 19.4. The Bertz CT molecular complexity index is 857. The van der Waals surface area contributed by atoms with Gasteiger partial charge in [0.2, 0.25) is 16.0 Å². The summed E-state index contributed by atoms with van der Waals surface area (Å²) in [5, 5.41) is 11.0. The molecule has 0 saturated carbocycles. The lowest BCUT2D eigenvalue weighted by molar-refractivity contribution is 0.0919. The van der Waals surface area contributed by atoms with E-state index in [1.165, 1.54) is 24.5 Å². The molecule has 2 aromatic rings. The van der Waals surface area contributed by atoms with Crippen LogP contribution >= 0.6 is 0 Å².